The van der Waals surface area contributed by atoms with Gasteiger partial charge in [-0.2, -0.15) is 0 Å². The predicted octanol–water partition coefficient (Wildman–Crippen LogP) is 7.04. The van der Waals surface area contributed by atoms with Gasteiger partial charge in [-0.05, 0) is 88.8 Å². The van der Waals surface area contributed by atoms with Crippen LogP contribution in [0.25, 0.3) is 0 Å². The second-order valence-electron chi connectivity index (χ2n) is 12.1. The smallest absolute Gasteiger partial charge is 0.410 e. The zero-order chi connectivity index (χ0) is 28.3. The maximum Gasteiger partial charge on any atom is 0.410 e. The monoisotopic (exact) mass is 573 g/mol. The van der Waals surface area contributed by atoms with Gasteiger partial charge in [0, 0.05) is 54.7 Å². The molecule has 0 N–H and O–H groups in total. The Bertz CT molecular complexity index is 1070. The SMILES string of the molecule is C[C@@H]1CN(C(c2ccc(Cl)cc2)c2ccc(Cl)cc2)C[C@H](C)N1C(=O)CC1CCN(C(=O)OC(C)(C)C)CC1. The standard InChI is InChI=1S/C31H41Cl2N3O3/c1-21-19-35(29(24-6-10-26(32)11-7-24)25-8-12-27(33)13-9-25)20-22(2)36(21)28(37)18-23-14-16-34(17-15-23)30(38)39-31(3,4)5/h6-13,21-23,29H,14-20H2,1-5H3/t21-,22+. The molecule has 0 saturated carbocycles. The molecule has 0 aliphatic carbocycles. The third kappa shape index (κ3) is 7.68. The molecule has 2 fully saturated rings. The second-order valence-corrected chi connectivity index (χ2v) is 12.9. The quantitative estimate of drug-likeness (QED) is 0.385. The minimum Gasteiger partial charge on any atom is -0.444 e. The van der Waals surface area contributed by atoms with Crippen molar-refractivity contribution in [2.75, 3.05) is 26.2 Å². The van der Waals surface area contributed by atoms with Gasteiger partial charge in [-0.3, -0.25) is 9.69 Å². The summed E-state index contributed by atoms with van der Waals surface area (Å²) in [4.78, 5) is 32.3. The Morgan fingerprint density at radius 2 is 1.33 bits per heavy atom. The second kappa shape index (κ2) is 12.5. The normalized spacial score (nSPS) is 21.3. The molecule has 0 aromatic heterocycles. The fourth-order valence-electron chi connectivity index (χ4n) is 5.97. The lowest BCUT2D eigenvalue weighted by atomic mass is 9.91. The van der Waals surface area contributed by atoms with Crippen LogP contribution in [0.3, 0.4) is 0 Å². The highest BCUT2D eigenvalue weighted by Crippen LogP contribution is 2.34. The maximum atomic E-state index is 13.6. The zero-order valence-corrected chi connectivity index (χ0v) is 25.2. The van der Waals surface area contributed by atoms with Crippen molar-refractivity contribution in [3.8, 4) is 0 Å². The van der Waals surface area contributed by atoms with Gasteiger partial charge in [-0.25, -0.2) is 4.79 Å². The van der Waals surface area contributed by atoms with E-state index in [1.54, 1.807) is 4.90 Å². The molecule has 2 amide bonds. The average Bonchev–Trinajstić information content (AvgIpc) is 2.85. The third-order valence-electron chi connectivity index (χ3n) is 7.70. The Morgan fingerprint density at radius 1 is 0.872 bits per heavy atom. The molecule has 2 aliphatic rings. The van der Waals surface area contributed by atoms with Gasteiger partial charge in [0.05, 0.1) is 6.04 Å². The molecule has 2 atom stereocenters. The number of carbonyl (C=O) groups excluding carboxylic acids is 2. The Labute approximate surface area is 243 Å². The largest absolute Gasteiger partial charge is 0.444 e. The van der Waals surface area contributed by atoms with Gasteiger partial charge in [-0.1, -0.05) is 47.5 Å². The van der Waals surface area contributed by atoms with Crippen molar-refractivity contribution in [3.05, 3.63) is 69.7 Å². The number of rotatable bonds is 5. The number of piperidine rings is 1. The maximum absolute atomic E-state index is 13.6. The van der Waals surface area contributed by atoms with Crippen LogP contribution in [0.1, 0.15) is 71.0 Å². The van der Waals surface area contributed by atoms with Gasteiger partial charge >= 0.3 is 6.09 Å². The number of benzene rings is 2. The third-order valence-corrected chi connectivity index (χ3v) is 8.21. The molecule has 2 saturated heterocycles. The van der Waals surface area contributed by atoms with E-state index in [2.05, 4.69) is 47.9 Å². The van der Waals surface area contributed by atoms with Crippen molar-refractivity contribution >= 4 is 35.2 Å². The summed E-state index contributed by atoms with van der Waals surface area (Å²) in [5, 5.41) is 1.42. The summed E-state index contributed by atoms with van der Waals surface area (Å²) in [7, 11) is 0. The lowest BCUT2D eigenvalue weighted by Gasteiger charge is -2.48. The first kappa shape index (κ1) is 29.7. The van der Waals surface area contributed by atoms with E-state index in [9.17, 15) is 9.59 Å². The molecule has 212 valence electrons. The molecule has 39 heavy (non-hydrogen) atoms. The summed E-state index contributed by atoms with van der Waals surface area (Å²) in [6.07, 6.45) is 1.90. The van der Waals surface area contributed by atoms with Gasteiger partial charge in [-0.15, -0.1) is 0 Å². The predicted molar refractivity (Wildman–Crippen MR) is 157 cm³/mol. The van der Waals surface area contributed by atoms with E-state index in [0.717, 1.165) is 37.1 Å². The lowest BCUT2D eigenvalue weighted by Crippen LogP contribution is -2.59. The average molecular weight is 575 g/mol. The van der Waals surface area contributed by atoms with Crippen molar-refractivity contribution in [3.63, 3.8) is 0 Å². The summed E-state index contributed by atoms with van der Waals surface area (Å²) in [5.41, 5.74) is 1.83. The molecule has 0 radical (unpaired) electrons. The molecule has 2 aromatic carbocycles. The minimum atomic E-state index is -0.502. The fraction of sp³-hybridized carbons (Fsp3) is 0.548. The van der Waals surface area contributed by atoms with Crippen LogP contribution in [0.5, 0.6) is 0 Å². The summed E-state index contributed by atoms with van der Waals surface area (Å²) in [6, 6.07) is 16.2. The highest BCUT2D eigenvalue weighted by atomic mass is 35.5. The number of amides is 2. The van der Waals surface area contributed by atoms with Gasteiger partial charge in [0.15, 0.2) is 0 Å². The lowest BCUT2D eigenvalue weighted by molar-refractivity contribution is -0.141. The summed E-state index contributed by atoms with van der Waals surface area (Å²) in [5.74, 6) is 0.490. The molecule has 6 nitrogen and oxygen atoms in total. The molecule has 4 rings (SSSR count). The number of hydrogen-bond donors (Lipinski definition) is 0. The molecule has 2 heterocycles. The molecule has 2 aliphatic heterocycles. The first-order valence-electron chi connectivity index (χ1n) is 14.0. The van der Waals surface area contributed by atoms with Crippen molar-refractivity contribution in [1.82, 2.24) is 14.7 Å². The number of likely N-dealkylation sites (tertiary alicyclic amines) is 1. The fourth-order valence-corrected chi connectivity index (χ4v) is 6.22. The first-order valence-corrected chi connectivity index (χ1v) is 14.7. The van der Waals surface area contributed by atoms with E-state index in [1.807, 2.05) is 45.0 Å². The van der Waals surface area contributed by atoms with Crippen LogP contribution in [0.15, 0.2) is 48.5 Å². The number of ether oxygens (including phenoxy) is 1. The van der Waals surface area contributed by atoms with E-state index >= 15 is 0 Å². The Balaban J connectivity index is 1.40. The van der Waals surface area contributed by atoms with Crippen LogP contribution in [-0.2, 0) is 9.53 Å². The topological polar surface area (TPSA) is 53.1 Å². The molecule has 0 bridgehead atoms. The van der Waals surface area contributed by atoms with E-state index < -0.39 is 5.60 Å². The molecule has 0 spiro atoms. The molecule has 0 unspecified atom stereocenters. The van der Waals surface area contributed by atoms with Crippen LogP contribution in [0.4, 0.5) is 4.79 Å². The summed E-state index contributed by atoms with van der Waals surface area (Å²) < 4.78 is 5.52. The molecular weight excluding hydrogens is 533 g/mol. The number of nitrogens with zero attached hydrogens (tertiary/aromatic N) is 3. The van der Waals surface area contributed by atoms with E-state index in [1.165, 1.54) is 0 Å². The van der Waals surface area contributed by atoms with Crippen LogP contribution in [0.2, 0.25) is 10.0 Å². The van der Waals surface area contributed by atoms with E-state index in [0.29, 0.717) is 29.6 Å². The molecule has 2 aromatic rings. The highest BCUT2D eigenvalue weighted by Gasteiger charge is 2.37. The summed E-state index contributed by atoms with van der Waals surface area (Å²) in [6.45, 7) is 12.7. The van der Waals surface area contributed by atoms with Crippen LogP contribution >= 0.6 is 23.2 Å². The van der Waals surface area contributed by atoms with Crippen molar-refractivity contribution < 1.29 is 14.3 Å². The number of hydrogen-bond acceptors (Lipinski definition) is 4. The Morgan fingerprint density at radius 3 is 1.77 bits per heavy atom. The molecule has 8 heteroatoms. The van der Waals surface area contributed by atoms with Crippen LogP contribution in [-0.4, -0.2) is 70.6 Å². The van der Waals surface area contributed by atoms with Gasteiger partial charge in [0.1, 0.15) is 5.60 Å². The van der Waals surface area contributed by atoms with Crippen molar-refractivity contribution in [2.45, 2.75) is 77.6 Å². The number of carbonyl (C=O) groups is 2. The van der Waals surface area contributed by atoms with E-state index in [4.69, 9.17) is 27.9 Å². The minimum absolute atomic E-state index is 0.0406. The van der Waals surface area contributed by atoms with E-state index in [-0.39, 0.29) is 36.0 Å². The highest BCUT2D eigenvalue weighted by molar-refractivity contribution is 6.30. The Hall–Kier alpha value is -2.28. The number of halogens is 2. The van der Waals surface area contributed by atoms with Gasteiger partial charge in [0.2, 0.25) is 5.91 Å². The van der Waals surface area contributed by atoms with Crippen LogP contribution in [0, 0.1) is 5.92 Å². The molecular formula is C31H41Cl2N3O3. The Kier molecular flexibility index (Phi) is 9.51. The van der Waals surface area contributed by atoms with Gasteiger partial charge in [0.25, 0.3) is 0 Å². The zero-order valence-electron chi connectivity index (χ0n) is 23.7. The number of piperazine rings is 1. The van der Waals surface area contributed by atoms with Crippen molar-refractivity contribution in [2.24, 2.45) is 5.92 Å². The van der Waals surface area contributed by atoms with Gasteiger partial charge < -0.3 is 14.5 Å². The summed E-state index contributed by atoms with van der Waals surface area (Å²) >= 11 is 12.4. The van der Waals surface area contributed by atoms with Crippen LogP contribution < -0.4 is 0 Å². The first-order chi connectivity index (χ1) is 18.4. The van der Waals surface area contributed by atoms with Crippen molar-refractivity contribution in [1.29, 1.82) is 0 Å².